The highest BCUT2D eigenvalue weighted by molar-refractivity contribution is 5.69. The van der Waals surface area contributed by atoms with Crippen LogP contribution in [0.25, 0.3) is 5.57 Å². The smallest absolute Gasteiger partial charge is 0.166 e. The predicted octanol–water partition coefficient (Wildman–Crippen LogP) is 4.88. The van der Waals surface area contributed by atoms with E-state index in [1.165, 1.54) is 18.2 Å². The Morgan fingerprint density at radius 1 is 0.842 bits per heavy atom. The molecule has 2 rings (SSSR count). The van der Waals surface area contributed by atoms with E-state index in [9.17, 15) is 13.2 Å². The Morgan fingerprint density at radius 3 is 1.89 bits per heavy atom. The second kappa shape index (κ2) is 5.74. The van der Waals surface area contributed by atoms with Crippen molar-refractivity contribution in [3.05, 3.63) is 77.9 Å². The molecule has 0 heterocycles. The van der Waals surface area contributed by atoms with Gasteiger partial charge < -0.3 is 0 Å². The minimum absolute atomic E-state index is 0.200. The van der Waals surface area contributed by atoms with Crippen molar-refractivity contribution in [1.82, 2.24) is 0 Å². The number of benzene rings is 2. The van der Waals surface area contributed by atoms with Crippen LogP contribution in [0.1, 0.15) is 11.1 Å². The monoisotopic (exact) mass is 262 g/mol. The van der Waals surface area contributed by atoms with Gasteiger partial charge in [0.25, 0.3) is 0 Å². The van der Waals surface area contributed by atoms with Crippen LogP contribution >= 0.6 is 0 Å². The van der Waals surface area contributed by atoms with E-state index in [2.05, 4.69) is 0 Å². The summed E-state index contributed by atoms with van der Waals surface area (Å²) in [4.78, 5) is 0. The zero-order valence-electron chi connectivity index (χ0n) is 10.2. The molecule has 0 atom stereocenters. The van der Waals surface area contributed by atoms with Crippen molar-refractivity contribution in [2.75, 3.05) is 0 Å². The first-order valence-electron chi connectivity index (χ1n) is 5.94. The highest BCUT2D eigenvalue weighted by Crippen LogP contribution is 2.33. The maximum Gasteiger partial charge on any atom is 0.416 e. The van der Waals surface area contributed by atoms with Gasteiger partial charge in [-0.2, -0.15) is 13.2 Å². The van der Waals surface area contributed by atoms with Crippen molar-refractivity contribution in [2.45, 2.75) is 12.6 Å². The SMILES string of the molecule is FC(F)(F)C(=CCc1ccccc1)c1ccccc1. The normalized spacial score (nSPS) is 12.5. The minimum atomic E-state index is -4.34. The quantitative estimate of drug-likeness (QED) is 0.740. The first-order chi connectivity index (χ1) is 9.07. The van der Waals surface area contributed by atoms with Crippen LogP contribution in [0.15, 0.2) is 66.7 Å². The van der Waals surface area contributed by atoms with Crippen LogP contribution in [0.4, 0.5) is 13.2 Å². The summed E-state index contributed by atoms with van der Waals surface area (Å²) in [5.74, 6) is 0. The number of allylic oxidation sites excluding steroid dienone is 2. The van der Waals surface area contributed by atoms with Crippen LogP contribution in [0.3, 0.4) is 0 Å². The Bertz CT molecular complexity index is 539. The fourth-order valence-corrected chi connectivity index (χ4v) is 1.85. The van der Waals surface area contributed by atoms with E-state index in [1.54, 1.807) is 18.2 Å². The summed E-state index contributed by atoms with van der Waals surface area (Å²) in [6, 6.07) is 17.0. The molecule has 0 saturated carbocycles. The third-order valence-corrected chi connectivity index (χ3v) is 2.77. The Morgan fingerprint density at radius 2 is 1.37 bits per heavy atom. The summed E-state index contributed by atoms with van der Waals surface area (Å²) in [5.41, 5.74) is 0.475. The summed E-state index contributed by atoms with van der Waals surface area (Å²) in [6.07, 6.45) is -2.83. The second-order valence-corrected chi connectivity index (χ2v) is 4.17. The third-order valence-electron chi connectivity index (χ3n) is 2.77. The largest absolute Gasteiger partial charge is 0.416 e. The minimum Gasteiger partial charge on any atom is -0.166 e. The van der Waals surface area contributed by atoms with Gasteiger partial charge in [0.1, 0.15) is 0 Å². The third kappa shape index (κ3) is 3.71. The lowest BCUT2D eigenvalue weighted by molar-refractivity contribution is -0.0690. The molecule has 0 amide bonds. The van der Waals surface area contributed by atoms with E-state index in [-0.39, 0.29) is 12.0 Å². The molecule has 0 nitrogen and oxygen atoms in total. The zero-order valence-corrected chi connectivity index (χ0v) is 10.2. The molecule has 98 valence electrons. The lowest BCUT2D eigenvalue weighted by Crippen LogP contribution is -2.11. The number of alkyl halides is 3. The molecule has 0 unspecified atom stereocenters. The Labute approximate surface area is 110 Å². The fourth-order valence-electron chi connectivity index (χ4n) is 1.85. The molecule has 0 aliphatic carbocycles. The number of hydrogen-bond acceptors (Lipinski definition) is 0. The van der Waals surface area contributed by atoms with Crippen molar-refractivity contribution < 1.29 is 13.2 Å². The van der Waals surface area contributed by atoms with Gasteiger partial charge in [-0.3, -0.25) is 0 Å². The molecule has 2 aromatic rings. The summed E-state index contributed by atoms with van der Waals surface area (Å²) >= 11 is 0. The van der Waals surface area contributed by atoms with Crippen LogP contribution in [0.2, 0.25) is 0 Å². The molecule has 0 aromatic heterocycles. The highest BCUT2D eigenvalue weighted by Gasteiger charge is 2.34. The maximum atomic E-state index is 13.0. The highest BCUT2D eigenvalue weighted by atomic mass is 19.4. The van der Waals surface area contributed by atoms with Gasteiger partial charge in [0.15, 0.2) is 0 Å². The molecule has 0 aliphatic rings. The number of halogens is 3. The van der Waals surface area contributed by atoms with Crippen LogP contribution < -0.4 is 0 Å². The predicted molar refractivity (Wildman–Crippen MR) is 70.6 cm³/mol. The van der Waals surface area contributed by atoms with Gasteiger partial charge in [-0.1, -0.05) is 66.7 Å². The summed E-state index contributed by atoms with van der Waals surface area (Å²) in [6.45, 7) is 0. The molecule has 0 spiro atoms. The van der Waals surface area contributed by atoms with E-state index in [1.807, 2.05) is 30.3 Å². The van der Waals surface area contributed by atoms with Gasteiger partial charge in [0.05, 0.1) is 5.57 Å². The van der Waals surface area contributed by atoms with Crippen LogP contribution in [0, 0.1) is 0 Å². The lowest BCUT2D eigenvalue weighted by Gasteiger charge is -2.12. The van der Waals surface area contributed by atoms with Gasteiger partial charge >= 0.3 is 6.18 Å². The standard InChI is InChI=1S/C16H13F3/c17-16(18,19)15(14-9-5-2-6-10-14)12-11-13-7-3-1-4-8-13/h1-10,12H,11H2. The van der Waals surface area contributed by atoms with Crippen molar-refractivity contribution in [3.8, 4) is 0 Å². The van der Waals surface area contributed by atoms with Crippen molar-refractivity contribution in [2.24, 2.45) is 0 Å². The van der Waals surface area contributed by atoms with E-state index >= 15 is 0 Å². The molecule has 19 heavy (non-hydrogen) atoms. The molecular weight excluding hydrogens is 249 g/mol. The van der Waals surface area contributed by atoms with Crippen LogP contribution in [-0.4, -0.2) is 6.18 Å². The lowest BCUT2D eigenvalue weighted by atomic mass is 10.0. The van der Waals surface area contributed by atoms with Gasteiger partial charge in [0.2, 0.25) is 0 Å². The number of rotatable bonds is 3. The molecule has 2 aromatic carbocycles. The fraction of sp³-hybridized carbons (Fsp3) is 0.125. The molecule has 3 heteroatoms. The molecule has 0 fully saturated rings. The first kappa shape index (κ1) is 13.4. The molecule has 0 radical (unpaired) electrons. The van der Waals surface area contributed by atoms with E-state index < -0.39 is 11.7 Å². The molecule has 0 saturated heterocycles. The van der Waals surface area contributed by atoms with Crippen molar-refractivity contribution >= 4 is 5.57 Å². The van der Waals surface area contributed by atoms with Gasteiger partial charge in [-0.05, 0) is 17.5 Å². The molecular formula is C16H13F3. The molecule has 0 N–H and O–H groups in total. The second-order valence-electron chi connectivity index (χ2n) is 4.17. The van der Waals surface area contributed by atoms with Gasteiger partial charge in [-0.25, -0.2) is 0 Å². The average Bonchev–Trinajstić information content (AvgIpc) is 2.40. The zero-order chi connectivity index (χ0) is 13.7. The maximum absolute atomic E-state index is 13.0. The Balaban J connectivity index is 2.29. The molecule has 0 bridgehead atoms. The number of hydrogen-bond donors (Lipinski definition) is 0. The molecule has 0 aliphatic heterocycles. The van der Waals surface area contributed by atoms with Crippen LogP contribution in [0.5, 0.6) is 0 Å². The van der Waals surface area contributed by atoms with E-state index in [4.69, 9.17) is 0 Å². The summed E-state index contributed by atoms with van der Waals surface area (Å²) in [7, 11) is 0. The van der Waals surface area contributed by atoms with E-state index in [0.717, 1.165) is 5.56 Å². The van der Waals surface area contributed by atoms with Crippen LogP contribution in [-0.2, 0) is 6.42 Å². The first-order valence-corrected chi connectivity index (χ1v) is 5.94. The Hall–Kier alpha value is -2.03. The van der Waals surface area contributed by atoms with Crippen molar-refractivity contribution in [1.29, 1.82) is 0 Å². The van der Waals surface area contributed by atoms with Crippen molar-refractivity contribution in [3.63, 3.8) is 0 Å². The average molecular weight is 262 g/mol. The summed E-state index contributed by atoms with van der Waals surface area (Å²) < 4.78 is 39.1. The Kier molecular flexibility index (Phi) is 4.05. The van der Waals surface area contributed by atoms with E-state index in [0.29, 0.717) is 0 Å². The van der Waals surface area contributed by atoms with Gasteiger partial charge in [-0.15, -0.1) is 0 Å². The van der Waals surface area contributed by atoms with Gasteiger partial charge in [0, 0.05) is 0 Å². The topological polar surface area (TPSA) is 0 Å². The summed E-state index contributed by atoms with van der Waals surface area (Å²) in [5, 5.41) is 0.